The molecule has 2 unspecified atom stereocenters. The standard InChI is InChI=1S/C17H27N3/c1-2-6-15(7-3-1)13-20-11-5-9-17(14-20)19-12-16-8-4-10-18-16/h1-3,6-7,16-19H,4-5,8-14H2. The molecule has 2 N–H and O–H groups in total. The average molecular weight is 273 g/mol. The number of likely N-dealkylation sites (tertiary alicyclic amines) is 1. The van der Waals surface area contributed by atoms with Gasteiger partial charge in [0.25, 0.3) is 0 Å². The summed E-state index contributed by atoms with van der Waals surface area (Å²) in [6, 6.07) is 12.2. The molecule has 20 heavy (non-hydrogen) atoms. The molecule has 2 atom stereocenters. The summed E-state index contributed by atoms with van der Waals surface area (Å²) < 4.78 is 0. The highest BCUT2D eigenvalue weighted by Gasteiger charge is 2.21. The van der Waals surface area contributed by atoms with E-state index in [1.807, 2.05) is 0 Å². The maximum absolute atomic E-state index is 3.78. The van der Waals surface area contributed by atoms with Crippen LogP contribution < -0.4 is 10.6 Å². The third-order valence-electron chi connectivity index (χ3n) is 4.57. The molecule has 2 saturated heterocycles. The Hall–Kier alpha value is -0.900. The molecule has 3 nitrogen and oxygen atoms in total. The molecule has 0 aromatic heterocycles. The van der Waals surface area contributed by atoms with E-state index in [9.17, 15) is 0 Å². The Kier molecular flexibility index (Phi) is 5.06. The Morgan fingerprint density at radius 2 is 2.05 bits per heavy atom. The molecule has 1 aromatic rings. The molecule has 0 bridgehead atoms. The molecule has 2 aliphatic rings. The Labute approximate surface area is 122 Å². The molecule has 2 fully saturated rings. The monoisotopic (exact) mass is 273 g/mol. The van der Waals surface area contributed by atoms with Gasteiger partial charge in [-0.25, -0.2) is 0 Å². The van der Waals surface area contributed by atoms with E-state index in [0.717, 1.165) is 13.1 Å². The highest BCUT2D eigenvalue weighted by atomic mass is 15.2. The molecule has 0 amide bonds. The molecule has 0 radical (unpaired) electrons. The van der Waals surface area contributed by atoms with Crippen LogP contribution in [0.15, 0.2) is 30.3 Å². The van der Waals surface area contributed by atoms with Crippen LogP contribution >= 0.6 is 0 Å². The summed E-state index contributed by atoms with van der Waals surface area (Å²) >= 11 is 0. The van der Waals surface area contributed by atoms with Crippen LogP contribution in [0.4, 0.5) is 0 Å². The second kappa shape index (κ2) is 7.21. The first-order chi connectivity index (χ1) is 9.90. The minimum Gasteiger partial charge on any atom is -0.313 e. The van der Waals surface area contributed by atoms with Gasteiger partial charge in [0, 0.05) is 31.7 Å². The topological polar surface area (TPSA) is 27.3 Å². The summed E-state index contributed by atoms with van der Waals surface area (Å²) in [7, 11) is 0. The van der Waals surface area contributed by atoms with Crippen molar-refractivity contribution in [2.24, 2.45) is 0 Å². The predicted molar refractivity (Wildman–Crippen MR) is 83.8 cm³/mol. The Morgan fingerprint density at radius 3 is 2.85 bits per heavy atom. The highest BCUT2D eigenvalue weighted by molar-refractivity contribution is 5.14. The van der Waals surface area contributed by atoms with Crippen LogP contribution in [-0.2, 0) is 6.54 Å². The Morgan fingerprint density at radius 1 is 1.15 bits per heavy atom. The van der Waals surface area contributed by atoms with Crippen LogP contribution in [0.1, 0.15) is 31.2 Å². The van der Waals surface area contributed by atoms with E-state index in [-0.39, 0.29) is 0 Å². The van der Waals surface area contributed by atoms with Crippen molar-refractivity contribution < 1.29 is 0 Å². The summed E-state index contributed by atoms with van der Waals surface area (Å²) in [5.41, 5.74) is 1.44. The molecule has 0 saturated carbocycles. The molecule has 0 aliphatic carbocycles. The van der Waals surface area contributed by atoms with Gasteiger partial charge in [-0.3, -0.25) is 4.90 Å². The maximum Gasteiger partial charge on any atom is 0.0234 e. The van der Waals surface area contributed by atoms with Crippen LogP contribution in [0.2, 0.25) is 0 Å². The fourth-order valence-electron chi connectivity index (χ4n) is 3.45. The van der Waals surface area contributed by atoms with Gasteiger partial charge in [0.05, 0.1) is 0 Å². The lowest BCUT2D eigenvalue weighted by molar-refractivity contribution is 0.182. The number of nitrogens with one attached hydrogen (secondary N) is 2. The first-order valence-corrected chi connectivity index (χ1v) is 8.13. The minimum absolute atomic E-state index is 0.676. The molecule has 3 rings (SSSR count). The van der Waals surface area contributed by atoms with E-state index in [2.05, 4.69) is 45.9 Å². The zero-order valence-electron chi connectivity index (χ0n) is 12.4. The zero-order valence-corrected chi connectivity index (χ0v) is 12.4. The van der Waals surface area contributed by atoms with Crippen molar-refractivity contribution in [3.05, 3.63) is 35.9 Å². The largest absolute Gasteiger partial charge is 0.313 e. The van der Waals surface area contributed by atoms with Crippen molar-refractivity contribution >= 4 is 0 Å². The third-order valence-corrected chi connectivity index (χ3v) is 4.57. The summed E-state index contributed by atoms with van der Waals surface area (Å²) in [6.07, 6.45) is 5.34. The van der Waals surface area contributed by atoms with E-state index >= 15 is 0 Å². The SMILES string of the molecule is c1ccc(CN2CCCC(NCC3CCCN3)C2)cc1. The number of piperidine rings is 1. The molecule has 110 valence electrons. The van der Waals surface area contributed by atoms with Gasteiger partial charge in [0.15, 0.2) is 0 Å². The zero-order chi connectivity index (χ0) is 13.6. The minimum atomic E-state index is 0.676. The first kappa shape index (κ1) is 14.1. The average Bonchev–Trinajstić information content (AvgIpc) is 3.00. The maximum atomic E-state index is 3.78. The smallest absolute Gasteiger partial charge is 0.0234 e. The van der Waals surface area contributed by atoms with Crippen molar-refractivity contribution in [1.29, 1.82) is 0 Å². The van der Waals surface area contributed by atoms with Crippen molar-refractivity contribution in [3.8, 4) is 0 Å². The molecule has 1 aromatic carbocycles. The molecule has 3 heteroatoms. The van der Waals surface area contributed by atoms with Gasteiger partial charge < -0.3 is 10.6 Å². The van der Waals surface area contributed by atoms with E-state index in [1.54, 1.807) is 0 Å². The quantitative estimate of drug-likeness (QED) is 0.859. The van der Waals surface area contributed by atoms with Crippen molar-refractivity contribution in [2.75, 3.05) is 26.2 Å². The van der Waals surface area contributed by atoms with Crippen LogP contribution in [0.5, 0.6) is 0 Å². The third kappa shape index (κ3) is 4.05. The lowest BCUT2D eigenvalue weighted by atomic mass is 10.0. The number of nitrogens with zero attached hydrogens (tertiary/aromatic N) is 1. The normalized spacial score (nSPS) is 27.8. The lowest BCUT2D eigenvalue weighted by Gasteiger charge is -2.34. The lowest BCUT2D eigenvalue weighted by Crippen LogP contribution is -2.48. The van der Waals surface area contributed by atoms with Gasteiger partial charge in [-0.15, -0.1) is 0 Å². The van der Waals surface area contributed by atoms with Crippen LogP contribution in [-0.4, -0.2) is 43.2 Å². The van der Waals surface area contributed by atoms with E-state index in [0.29, 0.717) is 12.1 Å². The first-order valence-electron chi connectivity index (χ1n) is 8.13. The van der Waals surface area contributed by atoms with Crippen molar-refractivity contribution in [1.82, 2.24) is 15.5 Å². The number of benzene rings is 1. The molecular weight excluding hydrogens is 246 g/mol. The van der Waals surface area contributed by atoms with Gasteiger partial charge in [0.1, 0.15) is 0 Å². The molecule has 2 heterocycles. The van der Waals surface area contributed by atoms with E-state index in [4.69, 9.17) is 0 Å². The second-order valence-corrected chi connectivity index (χ2v) is 6.26. The fraction of sp³-hybridized carbons (Fsp3) is 0.647. The highest BCUT2D eigenvalue weighted by Crippen LogP contribution is 2.14. The summed E-state index contributed by atoms with van der Waals surface area (Å²) in [6.45, 7) is 5.89. The molecular formula is C17H27N3. The van der Waals surface area contributed by atoms with Crippen LogP contribution in [0.25, 0.3) is 0 Å². The summed E-state index contributed by atoms with van der Waals surface area (Å²) in [5.74, 6) is 0. The van der Waals surface area contributed by atoms with Gasteiger partial charge >= 0.3 is 0 Å². The number of hydrogen-bond acceptors (Lipinski definition) is 3. The molecule has 2 aliphatic heterocycles. The Balaban J connectivity index is 1.44. The fourth-order valence-corrected chi connectivity index (χ4v) is 3.45. The van der Waals surface area contributed by atoms with Gasteiger partial charge in [-0.2, -0.15) is 0 Å². The van der Waals surface area contributed by atoms with Crippen LogP contribution in [0.3, 0.4) is 0 Å². The Bertz CT molecular complexity index is 386. The van der Waals surface area contributed by atoms with Gasteiger partial charge in [0.2, 0.25) is 0 Å². The number of hydrogen-bond donors (Lipinski definition) is 2. The summed E-state index contributed by atoms with van der Waals surface area (Å²) in [4.78, 5) is 2.60. The summed E-state index contributed by atoms with van der Waals surface area (Å²) in [5, 5.41) is 7.35. The van der Waals surface area contributed by atoms with Gasteiger partial charge in [-0.05, 0) is 44.3 Å². The number of rotatable bonds is 5. The van der Waals surface area contributed by atoms with E-state index in [1.165, 1.54) is 50.9 Å². The van der Waals surface area contributed by atoms with Crippen LogP contribution in [0, 0.1) is 0 Å². The van der Waals surface area contributed by atoms with Crippen molar-refractivity contribution in [2.45, 2.75) is 44.3 Å². The van der Waals surface area contributed by atoms with Crippen molar-refractivity contribution in [3.63, 3.8) is 0 Å². The molecule has 0 spiro atoms. The van der Waals surface area contributed by atoms with Gasteiger partial charge in [-0.1, -0.05) is 30.3 Å². The van der Waals surface area contributed by atoms with E-state index < -0.39 is 0 Å². The second-order valence-electron chi connectivity index (χ2n) is 6.26. The predicted octanol–water partition coefficient (Wildman–Crippen LogP) is 1.99.